The number of carbonyl (C=O) groups is 1. The van der Waals surface area contributed by atoms with Gasteiger partial charge in [-0.25, -0.2) is 0 Å². The van der Waals surface area contributed by atoms with Gasteiger partial charge in [0.1, 0.15) is 11.9 Å². The van der Waals surface area contributed by atoms with Crippen molar-refractivity contribution in [2.24, 2.45) is 0 Å². The summed E-state index contributed by atoms with van der Waals surface area (Å²) in [5, 5.41) is 3.04. The molecule has 0 atom stereocenters. The molecule has 0 saturated carbocycles. The number of nitrogens with one attached hydrogen (secondary N) is 1. The third kappa shape index (κ3) is 6.22. The van der Waals surface area contributed by atoms with E-state index in [4.69, 9.17) is 4.74 Å². The lowest BCUT2D eigenvalue weighted by Crippen LogP contribution is -2.41. The highest BCUT2D eigenvalue weighted by Gasteiger charge is 2.22. The number of rotatable bonds is 7. The second-order valence-electron chi connectivity index (χ2n) is 8.13. The molecule has 0 unspecified atom stereocenters. The fourth-order valence-electron chi connectivity index (χ4n) is 4.00. The molecule has 5 heteroatoms. The van der Waals surface area contributed by atoms with Gasteiger partial charge in [-0.15, -0.1) is 0 Å². The van der Waals surface area contributed by atoms with Gasteiger partial charge in [0.05, 0.1) is 0 Å². The smallest absolute Gasteiger partial charge is 0.251 e. The van der Waals surface area contributed by atoms with Crippen molar-refractivity contribution in [2.75, 3.05) is 39.3 Å². The Bertz CT molecular complexity index is 574. The van der Waals surface area contributed by atoms with Crippen LogP contribution >= 0.6 is 0 Å². The number of hydrogen-bond donors (Lipinski definition) is 1. The molecule has 3 rings (SSSR count). The highest BCUT2D eigenvalue weighted by Crippen LogP contribution is 2.20. The van der Waals surface area contributed by atoms with Crippen LogP contribution in [-0.2, 0) is 0 Å². The van der Waals surface area contributed by atoms with E-state index in [1.54, 1.807) is 0 Å². The van der Waals surface area contributed by atoms with Gasteiger partial charge in [-0.05, 0) is 76.9 Å². The Hall–Kier alpha value is -1.59. The Balaban J connectivity index is 1.39. The van der Waals surface area contributed by atoms with E-state index in [2.05, 4.69) is 29.0 Å². The zero-order valence-electron chi connectivity index (χ0n) is 17.0. The minimum atomic E-state index is 0.00352. The number of benzene rings is 1. The van der Waals surface area contributed by atoms with E-state index in [0.717, 1.165) is 51.3 Å². The first-order valence-corrected chi connectivity index (χ1v) is 10.6. The molecule has 0 aliphatic carbocycles. The van der Waals surface area contributed by atoms with Crippen LogP contribution in [0.25, 0.3) is 0 Å². The summed E-state index contributed by atoms with van der Waals surface area (Å²) in [7, 11) is 0. The number of nitrogens with zero attached hydrogens (tertiary/aromatic N) is 2. The molecule has 1 aromatic carbocycles. The van der Waals surface area contributed by atoms with Gasteiger partial charge >= 0.3 is 0 Å². The fraction of sp³-hybridized carbons (Fsp3) is 0.682. The van der Waals surface area contributed by atoms with E-state index in [1.165, 1.54) is 19.3 Å². The van der Waals surface area contributed by atoms with Crippen LogP contribution in [0.1, 0.15) is 56.3 Å². The summed E-state index contributed by atoms with van der Waals surface area (Å²) < 4.78 is 6.11. The Labute approximate surface area is 164 Å². The second-order valence-corrected chi connectivity index (χ2v) is 8.13. The summed E-state index contributed by atoms with van der Waals surface area (Å²) >= 11 is 0. The molecule has 2 fully saturated rings. The molecular weight excluding hydrogens is 338 g/mol. The zero-order valence-corrected chi connectivity index (χ0v) is 17.0. The minimum absolute atomic E-state index is 0.00352. The molecule has 1 amide bonds. The monoisotopic (exact) mass is 373 g/mol. The molecule has 0 radical (unpaired) electrons. The Kier molecular flexibility index (Phi) is 7.53. The molecule has 150 valence electrons. The van der Waals surface area contributed by atoms with Crippen LogP contribution in [0.5, 0.6) is 5.75 Å². The van der Waals surface area contributed by atoms with Crippen LogP contribution in [-0.4, -0.2) is 67.1 Å². The molecule has 0 aromatic heterocycles. The number of hydrogen-bond acceptors (Lipinski definition) is 4. The molecule has 1 aromatic rings. The van der Waals surface area contributed by atoms with Crippen molar-refractivity contribution in [1.82, 2.24) is 15.1 Å². The van der Waals surface area contributed by atoms with Crippen molar-refractivity contribution < 1.29 is 9.53 Å². The van der Waals surface area contributed by atoms with Crippen LogP contribution in [0.15, 0.2) is 24.3 Å². The molecule has 5 nitrogen and oxygen atoms in total. The largest absolute Gasteiger partial charge is 0.490 e. The van der Waals surface area contributed by atoms with E-state index in [1.807, 2.05) is 24.3 Å². The molecule has 2 heterocycles. The van der Waals surface area contributed by atoms with Crippen molar-refractivity contribution in [3.05, 3.63) is 29.8 Å². The van der Waals surface area contributed by atoms with Crippen molar-refractivity contribution in [3.63, 3.8) is 0 Å². The number of likely N-dealkylation sites (tertiary alicyclic amines) is 2. The molecule has 1 N–H and O–H groups in total. The topological polar surface area (TPSA) is 44.8 Å². The molecule has 0 spiro atoms. The van der Waals surface area contributed by atoms with E-state index in [-0.39, 0.29) is 12.0 Å². The third-order valence-electron chi connectivity index (χ3n) is 5.79. The van der Waals surface area contributed by atoms with Crippen LogP contribution in [0, 0.1) is 0 Å². The van der Waals surface area contributed by atoms with E-state index in [9.17, 15) is 4.79 Å². The summed E-state index contributed by atoms with van der Waals surface area (Å²) in [6, 6.07) is 8.20. The quantitative estimate of drug-likeness (QED) is 0.797. The van der Waals surface area contributed by atoms with E-state index < -0.39 is 0 Å². The average Bonchev–Trinajstić information content (AvgIpc) is 2.70. The Morgan fingerprint density at radius 3 is 2.37 bits per heavy atom. The van der Waals surface area contributed by atoms with Crippen LogP contribution in [0.2, 0.25) is 0 Å². The maximum atomic E-state index is 12.3. The summed E-state index contributed by atoms with van der Waals surface area (Å²) in [6.45, 7) is 10.7. The first kappa shape index (κ1) is 20.2. The van der Waals surface area contributed by atoms with Gasteiger partial charge in [0.25, 0.3) is 5.91 Å². The number of piperidine rings is 2. The Morgan fingerprint density at radius 2 is 1.74 bits per heavy atom. The van der Waals surface area contributed by atoms with Gasteiger partial charge in [0.15, 0.2) is 0 Å². The molecule has 2 saturated heterocycles. The van der Waals surface area contributed by atoms with Crippen molar-refractivity contribution in [2.45, 2.75) is 58.1 Å². The molecule has 0 bridgehead atoms. The normalized spacial score (nSPS) is 20.0. The van der Waals surface area contributed by atoms with Gasteiger partial charge in [-0.2, -0.15) is 0 Å². The van der Waals surface area contributed by atoms with Crippen molar-refractivity contribution in [1.29, 1.82) is 0 Å². The number of carbonyl (C=O) groups excluding carboxylic acids is 1. The molecule has 27 heavy (non-hydrogen) atoms. The summed E-state index contributed by atoms with van der Waals surface area (Å²) in [4.78, 5) is 17.2. The van der Waals surface area contributed by atoms with Crippen molar-refractivity contribution in [3.8, 4) is 5.75 Å². The summed E-state index contributed by atoms with van der Waals surface area (Å²) in [5.74, 6) is 0.867. The summed E-state index contributed by atoms with van der Waals surface area (Å²) in [5.41, 5.74) is 0.704. The maximum Gasteiger partial charge on any atom is 0.251 e. The second kappa shape index (κ2) is 10.1. The van der Waals surface area contributed by atoms with E-state index >= 15 is 0 Å². The van der Waals surface area contributed by atoms with E-state index in [0.29, 0.717) is 18.2 Å². The predicted molar refractivity (Wildman–Crippen MR) is 109 cm³/mol. The van der Waals surface area contributed by atoms with Gasteiger partial charge in [-0.3, -0.25) is 4.79 Å². The number of amides is 1. The van der Waals surface area contributed by atoms with Gasteiger partial charge in [-0.1, -0.05) is 6.42 Å². The number of ether oxygens (including phenoxy) is 1. The highest BCUT2D eigenvalue weighted by atomic mass is 16.5. The van der Waals surface area contributed by atoms with Crippen LogP contribution in [0.3, 0.4) is 0 Å². The first-order valence-electron chi connectivity index (χ1n) is 10.6. The maximum absolute atomic E-state index is 12.3. The third-order valence-corrected chi connectivity index (χ3v) is 5.79. The lowest BCUT2D eigenvalue weighted by Gasteiger charge is -2.34. The average molecular weight is 374 g/mol. The SMILES string of the molecule is CC(C)N1CCC(Oc2ccc(C(=O)NCCN3CCCCC3)cc2)CC1. The first-order chi connectivity index (χ1) is 13.1. The van der Waals surface area contributed by atoms with Gasteiger partial charge < -0.3 is 19.9 Å². The Morgan fingerprint density at radius 1 is 1.07 bits per heavy atom. The van der Waals surface area contributed by atoms with Gasteiger partial charge in [0, 0.05) is 37.8 Å². The standard InChI is InChI=1S/C22H35N3O2/c1-18(2)25-15-10-21(11-16-25)27-20-8-6-19(7-9-20)22(26)23-12-17-24-13-4-3-5-14-24/h6-9,18,21H,3-5,10-17H2,1-2H3,(H,23,26). The van der Waals surface area contributed by atoms with Gasteiger partial charge in [0.2, 0.25) is 0 Å². The van der Waals surface area contributed by atoms with Crippen molar-refractivity contribution >= 4 is 5.91 Å². The highest BCUT2D eigenvalue weighted by molar-refractivity contribution is 5.94. The fourth-order valence-corrected chi connectivity index (χ4v) is 4.00. The summed E-state index contributed by atoms with van der Waals surface area (Å²) in [6.07, 6.45) is 6.32. The lowest BCUT2D eigenvalue weighted by atomic mass is 10.1. The molecular formula is C22H35N3O2. The molecule has 2 aliphatic heterocycles. The lowest BCUT2D eigenvalue weighted by molar-refractivity contribution is 0.0843. The van der Waals surface area contributed by atoms with Crippen LogP contribution < -0.4 is 10.1 Å². The predicted octanol–water partition coefficient (Wildman–Crippen LogP) is 3.15. The minimum Gasteiger partial charge on any atom is -0.490 e. The van der Waals surface area contributed by atoms with Crippen LogP contribution in [0.4, 0.5) is 0 Å². The zero-order chi connectivity index (χ0) is 19.1. The molecule has 2 aliphatic rings.